The molecule has 0 saturated carbocycles. The fourth-order valence-corrected chi connectivity index (χ4v) is 3.21. The van der Waals surface area contributed by atoms with Crippen molar-refractivity contribution in [3.63, 3.8) is 0 Å². The van der Waals surface area contributed by atoms with Crippen molar-refractivity contribution in [3.05, 3.63) is 77.9 Å². The lowest BCUT2D eigenvalue weighted by Gasteiger charge is -2.04. The van der Waals surface area contributed by atoms with Gasteiger partial charge < -0.3 is 0 Å². The highest BCUT2D eigenvalue weighted by Crippen LogP contribution is 2.15. The summed E-state index contributed by atoms with van der Waals surface area (Å²) in [5.74, 6) is 0. The summed E-state index contributed by atoms with van der Waals surface area (Å²) in [5.41, 5.74) is 2.08. The van der Waals surface area contributed by atoms with Gasteiger partial charge in [0.1, 0.15) is 0 Å². The Balaban J connectivity index is 1.66. The van der Waals surface area contributed by atoms with Crippen LogP contribution in [0.1, 0.15) is 11.1 Å². The fraction of sp³-hybridized carbons (Fsp3) is 0.105. The van der Waals surface area contributed by atoms with Crippen molar-refractivity contribution in [2.45, 2.75) is 18.2 Å². The Kier molecular flexibility index (Phi) is 4.62. The number of hydrazone groups is 1. The highest BCUT2D eigenvalue weighted by atomic mass is 32.2. The lowest BCUT2D eigenvalue weighted by atomic mass is 10.1. The number of rotatable bonds is 5. The first-order chi connectivity index (χ1) is 11.5. The molecule has 0 unspecified atom stereocenters. The summed E-state index contributed by atoms with van der Waals surface area (Å²) >= 11 is 0. The maximum atomic E-state index is 12.1. The van der Waals surface area contributed by atoms with Gasteiger partial charge in [0.05, 0.1) is 4.90 Å². The smallest absolute Gasteiger partial charge is 0.200 e. The topological polar surface area (TPSA) is 58.5 Å². The van der Waals surface area contributed by atoms with E-state index in [9.17, 15) is 8.42 Å². The van der Waals surface area contributed by atoms with E-state index in [1.807, 2.05) is 25.1 Å². The zero-order chi connectivity index (χ0) is 17.0. The molecule has 0 spiro atoms. The molecule has 3 aromatic carbocycles. The Morgan fingerprint density at radius 1 is 0.958 bits per heavy atom. The monoisotopic (exact) mass is 338 g/mol. The van der Waals surface area contributed by atoms with Crippen LogP contribution in [0.15, 0.2) is 76.7 Å². The molecule has 0 saturated heterocycles. The second kappa shape index (κ2) is 6.84. The maximum Gasteiger partial charge on any atom is 0.276 e. The molecule has 0 bridgehead atoms. The van der Waals surface area contributed by atoms with Gasteiger partial charge in [-0.3, -0.25) is 0 Å². The standard InChI is InChI=1S/C19H18N2O2S/c1-15-6-10-19(11-7-15)24(22,23)21-20-13-12-16-8-9-17-4-2-3-5-18(17)14-16/h2-11,13-14,21H,12H2,1H3. The van der Waals surface area contributed by atoms with Gasteiger partial charge in [-0.2, -0.15) is 13.5 Å². The maximum absolute atomic E-state index is 12.1. The van der Waals surface area contributed by atoms with Crippen molar-refractivity contribution in [2.75, 3.05) is 0 Å². The van der Waals surface area contributed by atoms with Gasteiger partial charge in [-0.15, -0.1) is 0 Å². The molecule has 0 atom stereocenters. The van der Waals surface area contributed by atoms with Gasteiger partial charge in [0.2, 0.25) is 0 Å². The van der Waals surface area contributed by atoms with Crippen molar-refractivity contribution < 1.29 is 8.42 Å². The lowest BCUT2D eigenvalue weighted by Crippen LogP contribution is -2.18. The third-order valence-corrected chi connectivity index (χ3v) is 4.97. The Hall–Kier alpha value is -2.66. The third kappa shape index (κ3) is 3.81. The number of hydrogen-bond acceptors (Lipinski definition) is 3. The Morgan fingerprint density at radius 3 is 2.42 bits per heavy atom. The molecule has 0 aliphatic heterocycles. The van der Waals surface area contributed by atoms with Crippen LogP contribution < -0.4 is 4.83 Å². The van der Waals surface area contributed by atoms with Crippen molar-refractivity contribution in [1.29, 1.82) is 0 Å². The van der Waals surface area contributed by atoms with Gasteiger partial charge in [0.15, 0.2) is 0 Å². The van der Waals surface area contributed by atoms with Gasteiger partial charge in [0, 0.05) is 12.6 Å². The molecule has 0 radical (unpaired) electrons. The summed E-state index contributed by atoms with van der Waals surface area (Å²) in [5, 5.41) is 6.19. The van der Waals surface area contributed by atoms with Crippen LogP contribution in [-0.4, -0.2) is 14.6 Å². The average molecular weight is 338 g/mol. The fourth-order valence-electron chi connectivity index (χ4n) is 2.39. The van der Waals surface area contributed by atoms with Crippen LogP contribution in [0.3, 0.4) is 0 Å². The molecule has 0 aliphatic carbocycles. The molecule has 4 nitrogen and oxygen atoms in total. The van der Waals surface area contributed by atoms with Crippen LogP contribution in [-0.2, 0) is 16.4 Å². The molecular formula is C19H18N2O2S. The highest BCUT2D eigenvalue weighted by molar-refractivity contribution is 7.89. The molecule has 1 N–H and O–H groups in total. The summed E-state index contributed by atoms with van der Waals surface area (Å²) in [6.07, 6.45) is 2.12. The van der Waals surface area contributed by atoms with E-state index in [-0.39, 0.29) is 4.90 Å². The first-order valence-corrected chi connectivity index (χ1v) is 9.11. The van der Waals surface area contributed by atoms with Crippen LogP contribution in [0.5, 0.6) is 0 Å². The molecule has 5 heteroatoms. The predicted octanol–water partition coefficient (Wildman–Crippen LogP) is 3.66. The van der Waals surface area contributed by atoms with Crippen LogP contribution in [0.4, 0.5) is 0 Å². The minimum atomic E-state index is -3.61. The van der Waals surface area contributed by atoms with E-state index in [0.29, 0.717) is 6.42 Å². The molecular weight excluding hydrogens is 320 g/mol. The minimum absolute atomic E-state index is 0.205. The van der Waals surface area contributed by atoms with E-state index in [1.54, 1.807) is 30.5 Å². The number of sulfonamides is 1. The Morgan fingerprint density at radius 2 is 1.67 bits per heavy atom. The number of fused-ring (bicyclic) bond motifs is 1. The molecule has 3 rings (SSSR count). The molecule has 0 aliphatic rings. The molecule has 0 fully saturated rings. The summed E-state index contributed by atoms with van der Waals surface area (Å²) in [6, 6.07) is 20.9. The predicted molar refractivity (Wildman–Crippen MR) is 97.6 cm³/mol. The SMILES string of the molecule is Cc1ccc(S(=O)(=O)NN=CCc2ccc3ccccc3c2)cc1. The van der Waals surface area contributed by atoms with E-state index >= 15 is 0 Å². The Bertz CT molecular complexity index is 978. The van der Waals surface area contributed by atoms with E-state index in [4.69, 9.17) is 0 Å². The second-order valence-electron chi connectivity index (χ2n) is 5.61. The van der Waals surface area contributed by atoms with Crippen LogP contribution in [0, 0.1) is 6.92 Å². The van der Waals surface area contributed by atoms with Crippen molar-refractivity contribution in [1.82, 2.24) is 4.83 Å². The highest BCUT2D eigenvalue weighted by Gasteiger charge is 2.11. The molecule has 3 aromatic rings. The third-order valence-electron chi connectivity index (χ3n) is 3.74. The molecule has 0 heterocycles. The number of benzene rings is 3. The van der Waals surface area contributed by atoms with Crippen molar-refractivity contribution in [2.24, 2.45) is 5.10 Å². The van der Waals surface area contributed by atoms with Crippen molar-refractivity contribution >= 4 is 27.0 Å². The first kappa shape index (κ1) is 16.2. The molecule has 0 amide bonds. The minimum Gasteiger partial charge on any atom is -0.200 e. The van der Waals surface area contributed by atoms with Gasteiger partial charge in [-0.05, 0) is 35.4 Å². The van der Waals surface area contributed by atoms with Crippen LogP contribution >= 0.6 is 0 Å². The van der Waals surface area contributed by atoms with Gasteiger partial charge >= 0.3 is 0 Å². The van der Waals surface area contributed by atoms with Gasteiger partial charge in [-0.25, -0.2) is 4.83 Å². The average Bonchev–Trinajstić information content (AvgIpc) is 2.59. The molecule has 0 aromatic heterocycles. The van der Waals surface area contributed by atoms with E-state index in [0.717, 1.165) is 16.5 Å². The van der Waals surface area contributed by atoms with Crippen LogP contribution in [0.25, 0.3) is 10.8 Å². The quantitative estimate of drug-likeness (QED) is 0.570. The number of nitrogens with one attached hydrogen (secondary N) is 1. The normalized spacial score (nSPS) is 11.9. The van der Waals surface area contributed by atoms with Crippen molar-refractivity contribution in [3.8, 4) is 0 Å². The Labute approximate surface area is 141 Å². The first-order valence-electron chi connectivity index (χ1n) is 7.62. The summed E-state index contributed by atoms with van der Waals surface area (Å²) in [7, 11) is -3.61. The van der Waals surface area contributed by atoms with E-state index in [1.165, 1.54) is 5.39 Å². The summed E-state index contributed by atoms with van der Waals surface area (Å²) < 4.78 is 24.2. The number of aryl methyl sites for hydroxylation is 1. The second-order valence-corrected chi connectivity index (χ2v) is 7.27. The molecule has 24 heavy (non-hydrogen) atoms. The summed E-state index contributed by atoms with van der Waals surface area (Å²) in [4.78, 5) is 2.45. The number of hydrogen-bond donors (Lipinski definition) is 1. The number of nitrogens with zero attached hydrogens (tertiary/aromatic N) is 1. The van der Waals surface area contributed by atoms with E-state index < -0.39 is 10.0 Å². The largest absolute Gasteiger partial charge is 0.276 e. The van der Waals surface area contributed by atoms with Crippen LogP contribution in [0.2, 0.25) is 0 Å². The summed E-state index contributed by atoms with van der Waals surface area (Å²) in [6.45, 7) is 1.91. The van der Waals surface area contributed by atoms with Gasteiger partial charge in [0.25, 0.3) is 10.0 Å². The zero-order valence-electron chi connectivity index (χ0n) is 13.3. The van der Waals surface area contributed by atoms with Gasteiger partial charge in [-0.1, -0.05) is 60.2 Å². The zero-order valence-corrected chi connectivity index (χ0v) is 14.1. The lowest BCUT2D eigenvalue weighted by molar-refractivity contribution is 0.584. The molecule has 122 valence electrons. The van der Waals surface area contributed by atoms with E-state index in [2.05, 4.69) is 34.2 Å².